The molecule has 0 amide bonds. The Bertz CT molecular complexity index is 1050. The monoisotopic (exact) mass is 361 g/mol. The highest BCUT2D eigenvalue weighted by Crippen LogP contribution is 2.35. The Morgan fingerprint density at radius 3 is 2.58 bits per heavy atom. The van der Waals surface area contributed by atoms with Crippen molar-refractivity contribution in [2.45, 2.75) is 49.8 Å². The molecule has 1 aliphatic carbocycles. The van der Waals surface area contributed by atoms with E-state index in [2.05, 4.69) is 64.0 Å². The Labute approximate surface area is 158 Å². The summed E-state index contributed by atoms with van der Waals surface area (Å²) in [5.74, 6) is 0.685. The van der Waals surface area contributed by atoms with Crippen LogP contribution in [0, 0.1) is 6.92 Å². The average molecular weight is 362 g/mol. The van der Waals surface area contributed by atoms with Gasteiger partial charge in [-0.3, -0.25) is 3.97 Å². The maximum atomic E-state index is 4.76. The summed E-state index contributed by atoms with van der Waals surface area (Å²) in [6.07, 6.45) is 10.9. The van der Waals surface area contributed by atoms with E-state index in [4.69, 9.17) is 4.98 Å². The lowest BCUT2D eigenvalue weighted by atomic mass is 9.87. The fourth-order valence-corrected chi connectivity index (χ4v) is 5.01. The summed E-state index contributed by atoms with van der Waals surface area (Å²) < 4.78 is 4.62. The van der Waals surface area contributed by atoms with Crippen molar-refractivity contribution in [2.75, 3.05) is 0 Å². The molecular weight excluding hydrogens is 338 g/mol. The first-order valence-electron chi connectivity index (χ1n) is 9.52. The summed E-state index contributed by atoms with van der Waals surface area (Å²) >= 11 is 1.73. The first-order chi connectivity index (χ1) is 12.8. The lowest BCUT2D eigenvalue weighted by Crippen LogP contribution is -2.07. The second-order valence-electron chi connectivity index (χ2n) is 7.37. The van der Waals surface area contributed by atoms with Gasteiger partial charge < -0.3 is 4.40 Å². The Morgan fingerprint density at radius 1 is 0.962 bits per heavy atom. The first-order valence-corrected chi connectivity index (χ1v) is 10.3. The average Bonchev–Trinajstić information content (AvgIpc) is 3.28. The topological polar surface area (TPSA) is 22.2 Å². The molecule has 4 aromatic rings. The quantitative estimate of drug-likeness (QED) is 0.433. The van der Waals surface area contributed by atoms with Gasteiger partial charge >= 0.3 is 0 Å². The number of benzene rings is 1. The van der Waals surface area contributed by atoms with E-state index in [1.54, 1.807) is 11.9 Å². The largest absolute Gasteiger partial charge is 0.309 e. The number of aryl methyl sites for hydroxylation is 1. The van der Waals surface area contributed by atoms with Crippen LogP contribution >= 0.6 is 11.9 Å². The molecule has 0 unspecified atom stereocenters. The maximum absolute atomic E-state index is 4.76. The van der Waals surface area contributed by atoms with E-state index < -0.39 is 0 Å². The van der Waals surface area contributed by atoms with Crippen LogP contribution in [0.5, 0.6) is 0 Å². The SMILES string of the molecule is Cc1ccc(Sn2ccc3c2ncc2ccc(C4CCCCC4)n23)cc1. The van der Waals surface area contributed by atoms with Gasteiger partial charge in [-0.15, -0.1) is 0 Å². The van der Waals surface area contributed by atoms with Crippen molar-refractivity contribution >= 4 is 28.6 Å². The van der Waals surface area contributed by atoms with Gasteiger partial charge in [-0.1, -0.05) is 37.0 Å². The zero-order valence-corrected chi connectivity index (χ0v) is 15.9. The number of nitrogens with zero attached hydrogens (tertiary/aromatic N) is 3. The molecule has 0 aliphatic heterocycles. The van der Waals surface area contributed by atoms with Crippen LogP contribution in [0.3, 0.4) is 0 Å². The molecule has 0 saturated heterocycles. The lowest BCUT2D eigenvalue weighted by molar-refractivity contribution is 0.436. The van der Waals surface area contributed by atoms with Gasteiger partial charge in [0.25, 0.3) is 0 Å². The zero-order chi connectivity index (χ0) is 17.5. The molecule has 4 heteroatoms. The number of rotatable bonds is 3. The molecule has 0 N–H and O–H groups in total. The second-order valence-corrected chi connectivity index (χ2v) is 8.41. The van der Waals surface area contributed by atoms with Gasteiger partial charge in [0.15, 0.2) is 5.65 Å². The summed E-state index contributed by atoms with van der Waals surface area (Å²) in [6, 6.07) is 15.4. The van der Waals surface area contributed by atoms with Crippen LogP contribution in [0.15, 0.2) is 59.8 Å². The second kappa shape index (κ2) is 6.51. The van der Waals surface area contributed by atoms with Crippen LogP contribution < -0.4 is 0 Å². The van der Waals surface area contributed by atoms with Crippen molar-refractivity contribution in [3.63, 3.8) is 0 Å². The van der Waals surface area contributed by atoms with Crippen LogP contribution in [-0.4, -0.2) is 13.4 Å². The molecule has 1 fully saturated rings. The summed E-state index contributed by atoms with van der Waals surface area (Å²) in [5, 5.41) is 0. The van der Waals surface area contributed by atoms with Crippen LogP contribution in [0.2, 0.25) is 0 Å². The van der Waals surface area contributed by atoms with E-state index in [1.807, 2.05) is 6.20 Å². The number of hydrogen-bond acceptors (Lipinski definition) is 2. The molecule has 26 heavy (non-hydrogen) atoms. The molecule has 132 valence electrons. The Morgan fingerprint density at radius 2 is 1.77 bits per heavy atom. The standard InChI is InChI=1S/C22H23N3S/c1-16-7-10-19(11-8-16)26-24-14-13-21-22(24)23-15-18-9-12-20(25(18)21)17-5-3-2-4-6-17/h7-15,17H,2-6H2,1H3. The van der Waals surface area contributed by atoms with Crippen LogP contribution in [0.4, 0.5) is 0 Å². The van der Waals surface area contributed by atoms with E-state index in [-0.39, 0.29) is 0 Å². The molecule has 3 heterocycles. The third kappa shape index (κ3) is 2.73. The number of fused-ring (bicyclic) bond motifs is 3. The smallest absolute Gasteiger partial charge is 0.167 e. The Kier molecular flexibility index (Phi) is 4.01. The molecule has 0 spiro atoms. The van der Waals surface area contributed by atoms with Gasteiger partial charge in [0.1, 0.15) is 0 Å². The van der Waals surface area contributed by atoms with Crippen LogP contribution in [0.1, 0.15) is 49.3 Å². The lowest BCUT2D eigenvalue weighted by Gasteiger charge is -2.22. The van der Waals surface area contributed by atoms with Gasteiger partial charge in [0.2, 0.25) is 0 Å². The van der Waals surface area contributed by atoms with Crippen molar-refractivity contribution in [1.29, 1.82) is 0 Å². The predicted molar refractivity (Wildman–Crippen MR) is 109 cm³/mol. The molecule has 3 nitrogen and oxygen atoms in total. The van der Waals surface area contributed by atoms with Crippen molar-refractivity contribution in [3.8, 4) is 0 Å². The van der Waals surface area contributed by atoms with E-state index in [0.717, 1.165) is 5.65 Å². The number of aromatic nitrogens is 3. The molecule has 5 rings (SSSR count). The third-order valence-corrected chi connectivity index (χ3v) is 6.53. The zero-order valence-electron chi connectivity index (χ0n) is 15.1. The maximum Gasteiger partial charge on any atom is 0.167 e. The molecule has 0 atom stereocenters. The summed E-state index contributed by atoms with van der Waals surface area (Å²) in [5.41, 5.74) is 6.21. The van der Waals surface area contributed by atoms with Crippen LogP contribution in [-0.2, 0) is 0 Å². The summed E-state index contributed by atoms with van der Waals surface area (Å²) in [6.45, 7) is 2.12. The fraction of sp³-hybridized carbons (Fsp3) is 0.318. The Hall–Kier alpha value is -2.20. The number of hydrogen-bond donors (Lipinski definition) is 0. The summed E-state index contributed by atoms with van der Waals surface area (Å²) in [7, 11) is 0. The minimum Gasteiger partial charge on any atom is -0.309 e. The predicted octanol–water partition coefficient (Wildman–Crippen LogP) is 6.20. The molecule has 0 bridgehead atoms. The van der Waals surface area contributed by atoms with Gasteiger partial charge in [0.05, 0.1) is 17.2 Å². The van der Waals surface area contributed by atoms with Crippen molar-refractivity contribution in [2.24, 2.45) is 0 Å². The summed E-state index contributed by atoms with van der Waals surface area (Å²) in [4.78, 5) is 5.99. The minimum atomic E-state index is 0.685. The highest BCUT2D eigenvalue weighted by atomic mass is 32.2. The highest BCUT2D eigenvalue weighted by molar-refractivity contribution is 7.98. The molecule has 0 radical (unpaired) electrons. The van der Waals surface area contributed by atoms with E-state index in [0.29, 0.717) is 5.92 Å². The van der Waals surface area contributed by atoms with Crippen molar-refractivity contribution in [3.05, 3.63) is 66.1 Å². The minimum absolute atomic E-state index is 0.685. The van der Waals surface area contributed by atoms with Crippen molar-refractivity contribution < 1.29 is 0 Å². The van der Waals surface area contributed by atoms with Gasteiger partial charge in [-0.05, 0) is 68.0 Å². The molecule has 1 aromatic carbocycles. The molecule has 1 saturated carbocycles. The van der Waals surface area contributed by atoms with Crippen molar-refractivity contribution in [1.82, 2.24) is 13.4 Å². The third-order valence-electron chi connectivity index (χ3n) is 5.56. The van der Waals surface area contributed by atoms with E-state index >= 15 is 0 Å². The van der Waals surface area contributed by atoms with Gasteiger partial charge in [0, 0.05) is 16.8 Å². The molecule has 1 aliphatic rings. The van der Waals surface area contributed by atoms with E-state index in [9.17, 15) is 0 Å². The highest BCUT2D eigenvalue weighted by Gasteiger charge is 2.20. The fourth-order valence-electron chi connectivity index (χ4n) is 4.17. The van der Waals surface area contributed by atoms with E-state index in [1.165, 1.54) is 59.3 Å². The van der Waals surface area contributed by atoms with Gasteiger partial charge in [-0.2, -0.15) is 0 Å². The molecular formula is C22H23N3S. The normalized spacial score (nSPS) is 15.9. The molecule has 3 aromatic heterocycles. The Balaban J connectivity index is 1.59. The first kappa shape index (κ1) is 16.0. The van der Waals surface area contributed by atoms with Crippen LogP contribution in [0.25, 0.3) is 16.7 Å². The van der Waals surface area contributed by atoms with Gasteiger partial charge in [-0.25, -0.2) is 4.98 Å².